The highest BCUT2D eigenvalue weighted by atomic mass is 15.3. The maximum Gasteiger partial charge on any atom is 0.162 e. The SMILES string of the molecule is c1ccc(CCN2CCN(c3nc(-c4ccncc4)nc4ccccc34)CC2)cc1. The van der Waals surface area contributed by atoms with Crippen molar-refractivity contribution >= 4 is 16.7 Å². The third-order valence-corrected chi connectivity index (χ3v) is 5.75. The molecule has 1 aliphatic heterocycles. The van der Waals surface area contributed by atoms with E-state index in [0.29, 0.717) is 0 Å². The van der Waals surface area contributed by atoms with Crippen LogP contribution in [0.3, 0.4) is 0 Å². The monoisotopic (exact) mass is 395 g/mol. The molecule has 150 valence electrons. The van der Waals surface area contributed by atoms with Crippen LogP contribution in [0.4, 0.5) is 5.82 Å². The largest absolute Gasteiger partial charge is 0.353 e. The summed E-state index contributed by atoms with van der Waals surface area (Å²) in [6.07, 6.45) is 4.68. The predicted octanol–water partition coefficient (Wildman–Crippen LogP) is 4.06. The molecule has 0 atom stereocenters. The topological polar surface area (TPSA) is 45.2 Å². The minimum atomic E-state index is 0.762. The summed E-state index contributed by atoms with van der Waals surface area (Å²) in [7, 11) is 0. The zero-order valence-electron chi connectivity index (χ0n) is 17.0. The number of hydrogen-bond donors (Lipinski definition) is 0. The Morgan fingerprint density at radius 2 is 1.47 bits per heavy atom. The number of para-hydroxylation sites is 1. The first-order chi connectivity index (χ1) is 14.9. The normalized spacial score (nSPS) is 14.9. The molecule has 0 bridgehead atoms. The fourth-order valence-corrected chi connectivity index (χ4v) is 4.05. The summed E-state index contributed by atoms with van der Waals surface area (Å²) in [5.41, 5.74) is 3.39. The standard InChI is InChI=1S/C25H25N5/c1-2-6-20(7-3-1)12-15-29-16-18-30(19-17-29)25-22-8-4-5-9-23(22)27-24(28-25)21-10-13-26-14-11-21/h1-11,13-14H,12,15-19H2. The number of aromatic nitrogens is 3. The molecule has 2 aromatic heterocycles. The van der Waals surface area contributed by atoms with Crippen molar-refractivity contribution in [1.29, 1.82) is 0 Å². The highest BCUT2D eigenvalue weighted by Gasteiger charge is 2.21. The van der Waals surface area contributed by atoms with Gasteiger partial charge < -0.3 is 4.90 Å². The van der Waals surface area contributed by atoms with Gasteiger partial charge in [0, 0.05) is 56.1 Å². The average molecular weight is 396 g/mol. The minimum absolute atomic E-state index is 0.762. The van der Waals surface area contributed by atoms with Crippen molar-refractivity contribution < 1.29 is 0 Å². The van der Waals surface area contributed by atoms with Crippen LogP contribution in [0.25, 0.3) is 22.3 Å². The number of hydrogen-bond acceptors (Lipinski definition) is 5. The quantitative estimate of drug-likeness (QED) is 0.510. The summed E-state index contributed by atoms with van der Waals surface area (Å²) in [5, 5.41) is 1.12. The van der Waals surface area contributed by atoms with Crippen LogP contribution in [0.2, 0.25) is 0 Å². The molecule has 1 aliphatic rings. The molecule has 1 saturated heterocycles. The molecule has 0 N–H and O–H groups in total. The van der Waals surface area contributed by atoms with Crippen LogP contribution in [-0.4, -0.2) is 52.6 Å². The van der Waals surface area contributed by atoms with Crippen molar-refractivity contribution in [3.8, 4) is 11.4 Å². The van der Waals surface area contributed by atoms with E-state index >= 15 is 0 Å². The molecular formula is C25H25N5. The van der Waals surface area contributed by atoms with Crippen molar-refractivity contribution in [2.45, 2.75) is 6.42 Å². The van der Waals surface area contributed by atoms with Gasteiger partial charge in [0.05, 0.1) is 5.52 Å². The Labute approximate surface area is 177 Å². The van der Waals surface area contributed by atoms with Crippen LogP contribution in [-0.2, 0) is 6.42 Å². The van der Waals surface area contributed by atoms with Crippen LogP contribution >= 0.6 is 0 Å². The highest BCUT2D eigenvalue weighted by molar-refractivity contribution is 5.91. The molecule has 4 aromatic rings. The Balaban J connectivity index is 1.35. The van der Waals surface area contributed by atoms with Crippen LogP contribution < -0.4 is 4.90 Å². The molecule has 0 radical (unpaired) electrons. The zero-order chi connectivity index (χ0) is 20.2. The van der Waals surface area contributed by atoms with Crippen LogP contribution in [0, 0.1) is 0 Å². The number of fused-ring (bicyclic) bond motifs is 1. The molecule has 5 nitrogen and oxygen atoms in total. The van der Waals surface area contributed by atoms with Crippen molar-refractivity contribution in [2.24, 2.45) is 0 Å². The Morgan fingerprint density at radius 1 is 0.733 bits per heavy atom. The molecule has 0 unspecified atom stereocenters. The summed E-state index contributed by atoms with van der Waals surface area (Å²) in [4.78, 5) is 18.9. The Hall–Kier alpha value is -3.31. The summed E-state index contributed by atoms with van der Waals surface area (Å²) in [6.45, 7) is 5.16. The summed E-state index contributed by atoms with van der Waals surface area (Å²) in [5.74, 6) is 1.80. The Kier molecular flexibility index (Phi) is 5.36. The Bertz CT molecular complexity index is 1110. The molecule has 2 aromatic carbocycles. The lowest BCUT2D eigenvalue weighted by atomic mass is 10.1. The number of piperazine rings is 1. The van der Waals surface area contributed by atoms with Gasteiger partial charge in [0.1, 0.15) is 5.82 Å². The third kappa shape index (κ3) is 4.02. The number of pyridine rings is 1. The fraction of sp³-hybridized carbons (Fsp3) is 0.240. The van der Waals surface area contributed by atoms with E-state index in [0.717, 1.165) is 67.3 Å². The highest BCUT2D eigenvalue weighted by Crippen LogP contribution is 2.28. The number of anilines is 1. The van der Waals surface area contributed by atoms with Gasteiger partial charge >= 0.3 is 0 Å². The average Bonchev–Trinajstić information content (AvgIpc) is 2.83. The molecule has 5 rings (SSSR count). The van der Waals surface area contributed by atoms with Gasteiger partial charge in [0.15, 0.2) is 5.82 Å². The van der Waals surface area contributed by atoms with E-state index in [2.05, 4.69) is 63.3 Å². The van der Waals surface area contributed by atoms with Crippen molar-refractivity contribution in [2.75, 3.05) is 37.6 Å². The van der Waals surface area contributed by atoms with Gasteiger partial charge in [0.25, 0.3) is 0 Å². The minimum Gasteiger partial charge on any atom is -0.353 e. The number of rotatable bonds is 5. The van der Waals surface area contributed by atoms with E-state index in [1.54, 1.807) is 12.4 Å². The van der Waals surface area contributed by atoms with Gasteiger partial charge in [-0.25, -0.2) is 9.97 Å². The predicted molar refractivity (Wildman–Crippen MR) is 122 cm³/mol. The van der Waals surface area contributed by atoms with E-state index in [1.165, 1.54) is 5.56 Å². The van der Waals surface area contributed by atoms with Gasteiger partial charge in [-0.3, -0.25) is 9.88 Å². The number of benzene rings is 2. The fourth-order valence-electron chi connectivity index (χ4n) is 4.05. The lowest BCUT2D eigenvalue weighted by molar-refractivity contribution is 0.260. The van der Waals surface area contributed by atoms with Crippen LogP contribution in [0.1, 0.15) is 5.56 Å². The van der Waals surface area contributed by atoms with E-state index < -0.39 is 0 Å². The van der Waals surface area contributed by atoms with Crippen molar-refractivity contribution in [3.63, 3.8) is 0 Å². The molecule has 0 amide bonds. The van der Waals surface area contributed by atoms with Crippen LogP contribution in [0.5, 0.6) is 0 Å². The van der Waals surface area contributed by atoms with Gasteiger partial charge in [-0.05, 0) is 36.2 Å². The molecule has 1 fully saturated rings. The van der Waals surface area contributed by atoms with Gasteiger partial charge in [-0.2, -0.15) is 0 Å². The van der Waals surface area contributed by atoms with E-state index in [9.17, 15) is 0 Å². The smallest absolute Gasteiger partial charge is 0.162 e. The first-order valence-electron chi connectivity index (χ1n) is 10.6. The third-order valence-electron chi connectivity index (χ3n) is 5.75. The second kappa shape index (κ2) is 8.59. The molecular weight excluding hydrogens is 370 g/mol. The zero-order valence-corrected chi connectivity index (χ0v) is 17.0. The lowest BCUT2D eigenvalue weighted by Gasteiger charge is -2.36. The maximum absolute atomic E-state index is 4.98. The molecule has 5 heteroatoms. The molecule has 0 spiro atoms. The van der Waals surface area contributed by atoms with Crippen molar-refractivity contribution in [1.82, 2.24) is 19.9 Å². The van der Waals surface area contributed by atoms with Crippen LogP contribution in [0.15, 0.2) is 79.1 Å². The summed E-state index contributed by atoms with van der Waals surface area (Å²) in [6, 6.07) is 23.0. The van der Waals surface area contributed by atoms with E-state index in [1.807, 2.05) is 18.2 Å². The first-order valence-corrected chi connectivity index (χ1v) is 10.6. The van der Waals surface area contributed by atoms with Gasteiger partial charge in [-0.15, -0.1) is 0 Å². The molecule has 3 heterocycles. The first kappa shape index (κ1) is 18.7. The van der Waals surface area contributed by atoms with Gasteiger partial charge in [0.2, 0.25) is 0 Å². The second-order valence-electron chi connectivity index (χ2n) is 7.69. The summed E-state index contributed by atoms with van der Waals surface area (Å²) >= 11 is 0. The second-order valence-corrected chi connectivity index (χ2v) is 7.69. The Morgan fingerprint density at radius 3 is 2.27 bits per heavy atom. The molecule has 0 saturated carbocycles. The maximum atomic E-state index is 4.98. The van der Waals surface area contributed by atoms with E-state index in [-0.39, 0.29) is 0 Å². The molecule has 0 aliphatic carbocycles. The molecule has 30 heavy (non-hydrogen) atoms. The van der Waals surface area contributed by atoms with Crippen molar-refractivity contribution in [3.05, 3.63) is 84.7 Å². The number of nitrogens with zero attached hydrogens (tertiary/aromatic N) is 5. The van der Waals surface area contributed by atoms with E-state index in [4.69, 9.17) is 9.97 Å². The summed E-state index contributed by atoms with van der Waals surface area (Å²) < 4.78 is 0. The van der Waals surface area contributed by atoms with Gasteiger partial charge in [-0.1, -0.05) is 42.5 Å². The lowest BCUT2D eigenvalue weighted by Crippen LogP contribution is -2.47.